The smallest absolute Gasteiger partial charge is 0.462 e. The number of carbonyl (C=O) groups is 4. The Bertz CT molecular complexity index is 1740. The van der Waals surface area contributed by atoms with E-state index in [1.54, 1.807) is 0 Å². The van der Waals surface area contributed by atoms with Crippen molar-refractivity contribution >= 4 is 39.5 Å². The lowest BCUT2D eigenvalue weighted by atomic mass is 10.0. The summed E-state index contributed by atoms with van der Waals surface area (Å²) in [5.41, 5.74) is 0. The van der Waals surface area contributed by atoms with E-state index >= 15 is 0 Å². The van der Waals surface area contributed by atoms with Crippen LogP contribution in [0, 0.1) is 5.92 Å². The molecular weight excluding hydrogens is 1190 g/mol. The minimum absolute atomic E-state index is 0.106. The summed E-state index contributed by atoms with van der Waals surface area (Å²) in [7, 11) is -9.89. The van der Waals surface area contributed by atoms with E-state index in [1.807, 2.05) is 0 Å². The number of unbranched alkanes of at least 4 members (excludes halogenated alkanes) is 43. The molecule has 0 saturated carbocycles. The van der Waals surface area contributed by atoms with Crippen LogP contribution in [0.15, 0.2) is 0 Å². The fourth-order valence-electron chi connectivity index (χ4n) is 10.8. The van der Waals surface area contributed by atoms with Crippen LogP contribution in [0.5, 0.6) is 0 Å². The van der Waals surface area contributed by atoms with Crippen molar-refractivity contribution in [2.45, 2.75) is 387 Å². The molecule has 0 rings (SSSR count). The molecule has 0 aromatic rings. The number of phosphoric acid groups is 2. The molecule has 0 saturated heterocycles. The van der Waals surface area contributed by atoms with E-state index in [9.17, 15) is 43.2 Å². The van der Waals surface area contributed by atoms with E-state index in [1.165, 1.54) is 186 Å². The number of carbonyl (C=O) groups excluding carboxylic acids is 4. The second kappa shape index (κ2) is 64.4. The van der Waals surface area contributed by atoms with Crippen molar-refractivity contribution in [3.8, 4) is 0 Å². The minimum atomic E-state index is -4.95. The number of aliphatic hydroxyl groups excluding tert-OH is 1. The molecule has 17 nitrogen and oxygen atoms in total. The average molecular weight is 1330 g/mol. The third-order valence-corrected chi connectivity index (χ3v) is 18.4. The largest absolute Gasteiger partial charge is 0.472 e. The quantitative estimate of drug-likeness (QED) is 0.0222. The first-order chi connectivity index (χ1) is 43.5. The molecule has 0 spiro atoms. The zero-order chi connectivity index (χ0) is 66.3. The molecule has 534 valence electrons. The first kappa shape index (κ1) is 88.1. The molecule has 0 fully saturated rings. The number of esters is 4. The van der Waals surface area contributed by atoms with Gasteiger partial charge in [0.15, 0.2) is 12.2 Å². The Hall–Kier alpha value is -1.94. The average Bonchev–Trinajstić information content (AvgIpc) is 3.10. The molecule has 0 aliphatic rings. The molecule has 0 amide bonds. The number of phosphoric ester groups is 2. The van der Waals surface area contributed by atoms with Gasteiger partial charge >= 0.3 is 39.5 Å². The first-order valence-electron chi connectivity index (χ1n) is 37.1. The van der Waals surface area contributed by atoms with Crippen molar-refractivity contribution in [2.24, 2.45) is 5.92 Å². The van der Waals surface area contributed by atoms with Gasteiger partial charge in [-0.15, -0.1) is 0 Å². The molecule has 0 aliphatic heterocycles. The third kappa shape index (κ3) is 64.8. The van der Waals surface area contributed by atoms with Gasteiger partial charge in [0.05, 0.1) is 26.4 Å². The molecule has 2 unspecified atom stereocenters. The topological polar surface area (TPSA) is 237 Å². The van der Waals surface area contributed by atoms with Crippen LogP contribution in [-0.4, -0.2) is 96.7 Å². The van der Waals surface area contributed by atoms with Crippen LogP contribution in [0.1, 0.15) is 369 Å². The van der Waals surface area contributed by atoms with Crippen molar-refractivity contribution in [3.63, 3.8) is 0 Å². The van der Waals surface area contributed by atoms with Crippen molar-refractivity contribution in [1.82, 2.24) is 0 Å². The lowest BCUT2D eigenvalue weighted by Crippen LogP contribution is -2.30. The van der Waals surface area contributed by atoms with Crippen LogP contribution >= 0.6 is 15.6 Å². The normalized spacial score (nSPS) is 14.1. The van der Waals surface area contributed by atoms with E-state index in [0.29, 0.717) is 25.7 Å². The summed E-state index contributed by atoms with van der Waals surface area (Å²) in [6.07, 6.45) is 51.7. The Morgan fingerprint density at radius 2 is 0.511 bits per heavy atom. The molecule has 3 N–H and O–H groups in total. The molecule has 19 heteroatoms. The van der Waals surface area contributed by atoms with Crippen LogP contribution in [0.25, 0.3) is 0 Å². The van der Waals surface area contributed by atoms with Gasteiger partial charge in [-0.3, -0.25) is 37.3 Å². The lowest BCUT2D eigenvalue weighted by Gasteiger charge is -2.21. The molecular formula is C71H138O17P2. The Morgan fingerprint density at radius 1 is 0.300 bits per heavy atom. The monoisotopic (exact) mass is 1320 g/mol. The van der Waals surface area contributed by atoms with Crippen LogP contribution < -0.4 is 0 Å². The standard InChI is InChI=1S/C71H138O17P2/c1-6-9-12-15-17-19-21-22-23-24-25-26-29-34-38-42-47-52-57-71(76)88-67(61-82-69(74)55-50-45-40-36-33-30-27-28-32-35-39-44-48-53-64(4)5)63-86-90(79,80)84-59-65(72)58-83-89(77,78)85-62-66(60-81-68(73)54-49-43-14-11-8-3)87-70(75)56-51-46-41-37-31-20-18-16-13-10-7-2/h64-67,72H,6-63H2,1-5H3,(H,77,78)(H,79,80)/t65-,66+,67+/m0/s1. The van der Waals surface area contributed by atoms with E-state index in [-0.39, 0.29) is 25.7 Å². The lowest BCUT2D eigenvalue weighted by molar-refractivity contribution is -0.161. The summed E-state index contributed by atoms with van der Waals surface area (Å²) >= 11 is 0. The van der Waals surface area contributed by atoms with Crippen LogP contribution in [0.3, 0.4) is 0 Å². The number of rotatable bonds is 71. The van der Waals surface area contributed by atoms with Gasteiger partial charge < -0.3 is 33.8 Å². The maximum atomic E-state index is 13.0. The maximum Gasteiger partial charge on any atom is 0.472 e. The first-order valence-corrected chi connectivity index (χ1v) is 40.1. The highest BCUT2D eigenvalue weighted by Crippen LogP contribution is 2.45. The molecule has 0 aromatic carbocycles. The second-order valence-corrected chi connectivity index (χ2v) is 29.0. The van der Waals surface area contributed by atoms with Gasteiger partial charge in [0.2, 0.25) is 0 Å². The maximum absolute atomic E-state index is 13.0. The summed E-state index contributed by atoms with van der Waals surface area (Å²) in [6, 6.07) is 0. The van der Waals surface area contributed by atoms with E-state index in [4.69, 9.17) is 37.0 Å². The Morgan fingerprint density at radius 3 is 0.756 bits per heavy atom. The van der Waals surface area contributed by atoms with Gasteiger partial charge in [-0.05, 0) is 31.6 Å². The number of ether oxygens (including phenoxy) is 4. The summed E-state index contributed by atoms with van der Waals surface area (Å²) in [5, 5.41) is 10.6. The van der Waals surface area contributed by atoms with Crippen molar-refractivity contribution in [3.05, 3.63) is 0 Å². The zero-order valence-corrected chi connectivity index (χ0v) is 60.1. The van der Waals surface area contributed by atoms with E-state index in [2.05, 4.69) is 34.6 Å². The molecule has 0 heterocycles. The van der Waals surface area contributed by atoms with Crippen molar-refractivity contribution in [2.75, 3.05) is 39.6 Å². The molecule has 0 aromatic heterocycles. The molecule has 0 aliphatic carbocycles. The van der Waals surface area contributed by atoms with Gasteiger partial charge in [-0.25, -0.2) is 9.13 Å². The van der Waals surface area contributed by atoms with Crippen molar-refractivity contribution < 1.29 is 80.2 Å². The summed E-state index contributed by atoms with van der Waals surface area (Å²) < 4.78 is 68.1. The van der Waals surface area contributed by atoms with Gasteiger partial charge in [-0.1, -0.05) is 317 Å². The second-order valence-electron chi connectivity index (χ2n) is 26.1. The third-order valence-electron chi connectivity index (χ3n) is 16.5. The fourth-order valence-corrected chi connectivity index (χ4v) is 12.4. The Labute approximate surface area is 549 Å². The molecule has 0 bridgehead atoms. The van der Waals surface area contributed by atoms with E-state index in [0.717, 1.165) is 102 Å². The van der Waals surface area contributed by atoms with E-state index < -0.39 is 97.5 Å². The van der Waals surface area contributed by atoms with Crippen molar-refractivity contribution in [1.29, 1.82) is 0 Å². The molecule has 90 heavy (non-hydrogen) atoms. The van der Waals surface area contributed by atoms with Crippen LogP contribution in [0.4, 0.5) is 0 Å². The predicted octanol–water partition coefficient (Wildman–Crippen LogP) is 20.5. The highest BCUT2D eigenvalue weighted by molar-refractivity contribution is 7.47. The van der Waals surface area contributed by atoms with Gasteiger partial charge in [0, 0.05) is 25.7 Å². The zero-order valence-electron chi connectivity index (χ0n) is 58.3. The SMILES string of the molecule is CCCCCCCCCCCCCCCCCCCCC(=O)O[C@H](COC(=O)CCCCCCCCCCCCCCCC(C)C)COP(=O)(O)OC[C@@H](O)COP(=O)(O)OC[C@@H](COC(=O)CCCCCCC)OC(=O)CCCCCCCCCCCCC. The molecule has 5 atom stereocenters. The number of hydrogen-bond acceptors (Lipinski definition) is 15. The Balaban J connectivity index is 5.15. The number of hydrogen-bond donors (Lipinski definition) is 3. The summed E-state index contributed by atoms with van der Waals surface area (Å²) in [4.78, 5) is 72.3. The summed E-state index contributed by atoms with van der Waals surface area (Å²) in [5.74, 6) is -1.34. The van der Waals surface area contributed by atoms with Crippen LogP contribution in [-0.2, 0) is 65.4 Å². The number of aliphatic hydroxyl groups is 1. The van der Waals surface area contributed by atoms with Crippen LogP contribution in [0.2, 0.25) is 0 Å². The predicted molar refractivity (Wildman–Crippen MR) is 363 cm³/mol. The van der Waals surface area contributed by atoms with Gasteiger partial charge in [0.1, 0.15) is 19.3 Å². The summed E-state index contributed by atoms with van der Waals surface area (Å²) in [6.45, 7) is 7.18. The highest BCUT2D eigenvalue weighted by atomic mass is 31.2. The highest BCUT2D eigenvalue weighted by Gasteiger charge is 2.30. The van der Waals surface area contributed by atoms with Gasteiger partial charge in [-0.2, -0.15) is 0 Å². The minimum Gasteiger partial charge on any atom is -0.462 e. The molecule has 0 radical (unpaired) electrons. The van der Waals surface area contributed by atoms with Gasteiger partial charge in [0.25, 0.3) is 0 Å². The Kier molecular flexibility index (Phi) is 63.0. The fraction of sp³-hybridized carbons (Fsp3) is 0.944.